The zero-order valence-corrected chi connectivity index (χ0v) is 10.8. The van der Waals surface area contributed by atoms with Gasteiger partial charge in [-0.05, 0) is 18.2 Å². The largest absolute Gasteiger partial charge is 0.372 e. The molecular weight excluding hydrogens is 239 g/mol. The topological polar surface area (TPSA) is 15.6 Å². The molecule has 19 heavy (non-hydrogen) atoms. The predicted molar refractivity (Wildman–Crippen MR) is 76.6 cm³/mol. The summed E-state index contributed by atoms with van der Waals surface area (Å²) in [5, 5.41) is 0. The molecule has 3 rings (SSSR count). The molecule has 0 aliphatic carbocycles. The Morgan fingerprint density at radius 1 is 1.00 bits per heavy atom. The first-order chi connectivity index (χ1) is 9.27. The minimum absolute atomic E-state index is 0.222. The summed E-state index contributed by atoms with van der Waals surface area (Å²) < 4.78 is 14.0. The SMILES string of the molecule is CN1CCN=C(c2ccccc2F)c2ccccc21. The number of para-hydroxylation sites is 1. The molecule has 96 valence electrons. The Hall–Kier alpha value is -2.16. The average molecular weight is 254 g/mol. The van der Waals surface area contributed by atoms with Crippen LogP contribution in [0.2, 0.25) is 0 Å². The van der Waals surface area contributed by atoms with E-state index in [1.807, 2.05) is 31.3 Å². The third-order valence-corrected chi connectivity index (χ3v) is 3.40. The Kier molecular flexibility index (Phi) is 3.03. The van der Waals surface area contributed by atoms with Crippen molar-refractivity contribution in [3.8, 4) is 0 Å². The monoisotopic (exact) mass is 254 g/mol. The molecule has 0 saturated carbocycles. The van der Waals surface area contributed by atoms with Crippen molar-refractivity contribution in [3.63, 3.8) is 0 Å². The van der Waals surface area contributed by atoms with E-state index in [1.165, 1.54) is 6.07 Å². The van der Waals surface area contributed by atoms with Crippen molar-refractivity contribution in [1.29, 1.82) is 0 Å². The fraction of sp³-hybridized carbons (Fsp3) is 0.188. The van der Waals surface area contributed by atoms with Crippen LogP contribution in [0.4, 0.5) is 10.1 Å². The predicted octanol–water partition coefficient (Wildman–Crippen LogP) is 3.11. The summed E-state index contributed by atoms with van der Waals surface area (Å²) in [5.41, 5.74) is 3.41. The van der Waals surface area contributed by atoms with Crippen molar-refractivity contribution in [2.45, 2.75) is 0 Å². The maximum Gasteiger partial charge on any atom is 0.132 e. The highest BCUT2D eigenvalue weighted by atomic mass is 19.1. The second-order valence-electron chi connectivity index (χ2n) is 4.65. The first kappa shape index (κ1) is 11.9. The minimum Gasteiger partial charge on any atom is -0.372 e. The highest BCUT2D eigenvalue weighted by molar-refractivity contribution is 6.16. The Balaban J connectivity index is 2.19. The fourth-order valence-electron chi connectivity index (χ4n) is 2.41. The van der Waals surface area contributed by atoms with Crippen LogP contribution in [0.1, 0.15) is 11.1 Å². The lowest BCUT2D eigenvalue weighted by Crippen LogP contribution is -2.20. The number of benzodiazepines with no additional fused rings is 1. The van der Waals surface area contributed by atoms with Crippen LogP contribution in [0, 0.1) is 5.82 Å². The summed E-state index contributed by atoms with van der Waals surface area (Å²) in [6.07, 6.45) is 0. The standard InChI is InChI=1S/C16H15FN2/c1-19-11-10-18-16(12-6-2-4-8-14(12)17)13-7-3-5-9-15(13)19/h2-9H,10-11H2,1H3. The molecule has 0 amide bonds. The summed E-state index contributed by atoms with van der Waals surface area (Å²) in [6.45, 7) is 1.52. The lowest BCUT2D eigenvalue weighted by Gasteiger charge is -2.19. The van der Waals surface area contributed by atoms with Crippen LogP contribution >= 0.6 is 0 Å². The van der Waals surface area contributed by atoms with Crippen molar-refractivity contribution in [1.82, 2.24) is 0 Å². The number of hydrogen-bond acceptors (Lipinski definition) is 2. The van der Waals surface area contributed by atoms with Gasteiger partial charge in [-0.25, -0.2) is 4.39 Å². The second kappa shape index (κ2) is 4.84. The van der Waals surface area contributed by atoms with Gasteiger partial charge in [0.15, 0.2) is 0 Å². The van der Waals surface area contributed by atoms with Gasteiger partial charge in [-0.15, -0.1) is 0 Å². The van der Waals surface area contributed by atoms with Gasteiger partial charge in [0, 0.05) is 30.4 Å². The molecule has 0 aromatic heterocycles. The van der Waals surface area contributed by atoms with Crippen molar-refractivity contribution >= 4 is 11.4 Å². The minimum atomic E-state index is -0.222. The highest BCUT2D eigenvalue weighted by Crippen LogP contribution is 2.25. The van der Waals surface area contributed by atoms with Gasteiger partial charge in [0.1, 0.15) is 5.82 Å². The van der Waals surface area contributed by atoms with E-state index in [0.717, 1.165) is 23.5 Å². The van der Waals surface area contributed by atoms with Crippen LogP contribution in [-0.4, -0.2) is 25.8 Å². The third kappa shape index (κ3) is 2.12. The number of benzene rings is 2. The van der Waals surface area contributed by atoms with E-state index in [-0.39, 0.29) is 5.82 Å². The number of nitrogens with zero attached hydrogens (tertiary/aromatic N) is 2. The van der Waals surface area contributed by atoms with E-state index < -0.39 is 0 Å². The normalized spacial score (nSPS) is 14.6. The molecule has 0 spiro atoms. The average Bonchev–Trinajstić information content (AvgIpc) is 2.60. The summed E-state index contributed by atoms with van der Waals surface area (Å²) >= 11 is 0. The number of aliphatic imine (C=N–C) groups is 1. The Labute approximate surface area is 112 Å². The molecule has 2 aromatic rings. The molecule has 1 heterocycles. The number of hydrogen-bond donors (Lipinski definition) is 0. The van der Waals surface area contributed by atoms with E-state index >= 15 is 0 Å². The van der Waals surface area contributed by atoms with E-state index in [1.54, 1.807) is 12.1 Å². The number of halogens is 1. The van der Waals surface area contributed by atoms with E-state index in [4.69, 9.17) is 0 Å². The summed E-state index contributed by atoms with van der Waals surface area (Å²) in [6, 6.07) is 14.8. The molecule has 0 N–H and O–H groups in total. The van der Waals surface area contributed by atoms with Crippen LogP contribution in [-0.2, 0) is 0 Å². The van der Waals surface area contributed by atoms with Crippen molar-refractivity contribution in [2.24, 2.45) is 4.99 Å². The van der Waals surface area contributed by atoms with Crippen LogP contribution in [0.3, 0.4) is 0 Å². The lowest BCUT2D eigenvalue weighted by molar-refractivity contribution is 0.625. The molecule has 1 aliphatic rings. The molecule has 0 radical (unpaired) electrons. The molecule has 0 atom stereocenters. The maximum absolute atomic E-state index is 14.0. The van der Waals surface area contributed by atoms with Gasteiger partial charge in [-0.1, -0.05) is 30.3 Å². The van der Waals surface area contributed by atoms with Crippen molar-refractivity contribution < 1.29 is 4.39 Å². The van der Waals surface area contributed by atoms with E-state index in [0.29, 0.717) is 12.1 Å². The maximum atomic E-state index is 14.0. The van der Waals surface area contributed by atoms with Gasteiger partial charge in [-0.2, -0.15) is 0 Å². The molecule has 2 nitrogen and oxygen atoms in total. The van der Waals surface area contributed by atoms with Crippen molar-refractivity contribution in [3.05, 3.63) is 65.5 Å². The van der Waals surface area contributed by atoms with E-state index in [2.05, 4.69) is 16.0 Å². The molecule has 0 bridgehead atoms. The molecule has 3 heteroatoms. The number of rotatable bonds is 1. The third-order valence-electron chi connectivity index (χ3n) is 3.40. The quantitative estimate of drug-likeness (QED) is 0.763. The smallest absolute Gasteiger partial charge is 0.132 e. The Morgan fingerprint density at radius 3 is 2.47 bits per heavy atom. The van der Waals surface area contributed by atoms with E-state index in [9.17, 15) is 4.39 Å². The molecular formula is C16H15FN2. The Morgan fingerprint density at radius 2 is 1.68 bits per heavy atom. The zero-order valence-electron chi connectivity index (χ0n) is 10.8. The first-order valence-corrected chi connectivity index (χ1v) is 6.37. The van der Waals surface area contributed by atoms with Crippen LogP contribution < -0.4 is 4.90 Å². The van der Waals surface area contributed by atoms with Crippen LogP contribution in [0.25, 0.3) is 0 Å². The summed E-state index contributed by atoms with van der Waals surface area (Å²) in [7, 11) is 2.04. The number of fused-ring (bicyclic) bond motifs is 1. The molecule has 0 saturated heterocycles. The summed E-state index contributed by atoms with van der Waals surface area (Å²) in [4.78, 5) is 6.74. The number of anilines is 1. The van der Waals surface area contributed by atoms with Gasteiger partial charge < -0.3 is 4.90 Å². The molecule has 0 unspecified atom stereocenters. The lowest BCUT2D eigenvalue weighted by atomic mass is 10.00. The zero-order chi connectivity index (χ0) is 13.2. The van der Waals surface area contributed by atoms with Crippen molar-refractivity contribution in [2.75, 3.05) is 25.0 Å². The first-order valence-electron chi connectivity index (χ1n) is 6.37. The second-order valence-corrected chi connectivity index (χ2v) is 4.65. The molecule has 2 aromatic carbocycles. The molecule has 0 fully saturated rings. The molecule has 1 aliphatic heterocycles. The van der Waals surface area contributed by atoms with Gasteiger partial charge >= 0.3 is 0 Å². The van der Waals surface area contributed by atoms with Crippen LogP contribution in [0.5, 0.6) is 0 Å². The van der Waals surface area contributed by atoms with Gasteiger partial charge in [0.2, 0.25) is 0 Å². The Bertz CT molecular complexity index is 634. The van der Waals surface area contributed by atoms with Crippen LogP contribution in [0.15, 0.2) is 53.5 Å². The summed E-state index contributed by atoms with van der Waals surface area (Å²) in [5.74, 6) is -0.222. The van der Waals surface area contributed by atoms with Gasteiger partial charge in [-0.3, -0.25) is 4.99 Å². The van der Waals surface area contributed by atoms with Gasteiger partial charge in [0.25, 0.3) is 0 Å². The number of likely N-dealkylation sites (N-methyl/N-ethyl adjacent to an activating group) is 1. The van der Waals surface area contributed by atoms with Gasteiger partial charge in [0.05, 0.1) is 12.3 Å². The fourth-order valence-corrected chi connectivity index (χ4v) is 2.41. The highest BCUT2D eigenvalue weighted by Gasteiger charge is 2.18.